The highest BCUT2D eigenvalue weighted by Crippen LogP contribution is 2.41. The number of nitrogens with one attached hydrogen (secondary N) is 1. The van der Waals surface area contributed by atoms with E-state index in [1.807, 2.05) is 0 Å². The molecule has 27 heavy (non-hydrogen) atoms. The van der Waals surface area contributed by atoms with E-state index in [0.717, 1.165) is 17.4 Å². The molecule has 2 aromatic heterocycles. The van der Waals surface area contributed by atoms with Crippen molar-refractivity contribution in [2.75, 3.05) is 6.54 Å². The predicted molar refractivity (Wildman–Crippen MR) is 95.3 cm³/mol. The number of fused-ring (bicyclic) bond motifs is 2. The Bertz CT molecular complexity index is 953. The number of alkyl halides is 3. The Morgan fingerprint density at radius 2 is 2.00 bits per heavy atom. The number of carbonyl (C=O) groups is 1. The molecule has 2 fully saturated rings. The molecule has 3 unspecified atom stereocenters. The highest BCUT2D eigenvalue weighted by atomic mass is 32.2. The van der Waals surface area contributed by atoms with Gasteiger partial charge in [0.15, 0.2) is 0 Å². The molecule has 4 rings (SSSR count). The summed E-state index contributed by atoms with van der Waals surface area (Å²) in [6.07, 6.45) is -3.34. The summed E-state index contributed by atoms with van der Waals surface area (Å²) in [5.41, 5.74) is 0. The largest absolute Gasteiger partial charge is 0.425 e. The van der Waals surface area contributed by atoms with E-state index in [1.54, 1.807) is 16.3 Å². The van der Waals surface area contributed by atoms with Crippen molar-refractivity contribution in [2.45, 2.75) is 35.3 Å². The molecule has 3 atom stereocenters. The first-order valence-electron chi connectivity index (χ1n) is 8.19. The number of piperidine rings is 1. The van der Waals surface area contributed by atoms with Crippen LogP contribution in [0.25, 0.3) is 0 Å². The number of sulfonamides is 1. The minimum absolute atomic E-state index is 0.0317. The Balaban J connectivity index is 1.43. The average Bonchev–Trinajstić information content (AvgIpc) is 3.34. The lowest BCUT2D eigenvalue weighted by Gasteiger charge is -2.31. The third kappa shape index (κ3) is 3.53. The second kappa shape index (κ2) is 6.57. The fraction of sp³-hybridized carbons (Fsp3) is 0.438. The fourth-order valence-corrected chi connectivity index (χ4v) is 6.92. The van der Waals surface area contributed by atoms with Gasteiger partial charge in [-0.3, -0.25) is 4.79 Å². The van der Waals surface area contributed by atoms with Gasteiger partial charge in [-0.15, -0.1) is 22.7 Å². The first kappa shape index (κ1) is 18.9. The minimum atomic E-state index is -4.46. The Hall–Kier alpha value is -1.43. The van der Waals surface area contributed by atoms with Crippen LogP contribution < -0.4 is 4.72 Å². The number of hydrogen-bond acceptors (Lipinski definition) is 5. The second-order valence-corrected chi connectivity index (χ2v) is 10.6. The number of hydrogen-bond donors (Lipinski definition) is 1. The lowest BCUT2D eigenvalue weighted by molar-refractivity contribution is -0.134. The number of amides is 1. The Kier molecular flexibility index (Phi) is 4.60. The summed E-state index contributed by atoms with van der Waals surface area (Å²) in [5, 5.41) is 1.69. The summed E-state index contributed by atoms with van der Waals surface area (Å²) in [6.45, 7) is 0.348. The number of nitrogens with zero attached hydrogens (tertiary/aromatic N) is 1. The van der Waals surface area contributed by atoms with Crippen LogP contribution in [0, 0.1) is 5.92 Å². The third-order valence-corrected chi connectivity index (χ3v) is 8.97. The van der Waals surface area contributed by atoms with Gasteiger partial charge in [0.25, 0.3) is 5.91 Å². The molecule has 2 aliphatic rings. The molecular weight excluding hydrogens is 421 g/mol. The van der Waals surface area contributed by atoms with Gasteiger partial charge in [0.05, 0.1) is 4.88 Å². The molecule has 11 heteroatoms. The molecule has 2 aromatic rings. The van der Waals surface area contributed by atoms with E-state index in [4.69, 9.17) is 0 Å². The van der Waals surface area contributed by atoms with Gasteiger partial charge in [0.1, 0.15) is 9.09 Å². The van der Waals surface area contributed by atoms with Crippen LogP contribution in [0.1, 0.15) is 27.4 Å². The monoisotopic (exact) mass is 436 g/mol. The summed E-state index contributed by atoms with van der Waals surface area (Å²) in [4.78, 5) is 13.4. The summed E-state index contributed by atoms with van der Waals surface area (Å²) in [7, 11) is -3.58. The maximum Gasteiger partial charge on any atom is 0.425 e. The molecule has 5 nitrogen and oxygen atoms in total. The van der Waals surface area contributed by atoms with Gasteiger partial charge in [-0.05, 0) is 42.3 Å². The summed E-state index contributed by atoms with van der Waals surface area (Å²) < 4.78 is 65.9. The van der Waals surface area contributed by atoms with Gasteiger partial charge in [0, 0.05) is 18.6 Å². The first-order chi connectivity index (χ1) is 12.6. The molecule has 1 amide bonds. The van der Waals surface area contributed by atoms with Gasteiger partial charge in [-0.2, -0.15) is 13.2 Å². The number of rotatable bonds is 4. The normalized spacial score (nSPS) is 25.3. The van der Waals surface area contributed by atoms with E-state index in [0.29, 0.717) is 30.7 Å². The summed E-state index contributed by atoms with van der Waals surface area (Å²) in [5.74, 6) is -0.446. The highest BCUT2D eigenvalue weighted by molar-refractivity contribution is 7.91. The number of thiophene rings is 2. The van der Waals surface area contributed by atoms with Crippen molar-refractivity contribution in [3.63, 3.8) is 0 Å². The van der Waals surface area contributed by atoms with Crippen LogP contribution in [-0.2, 0) is 16.2 Å². The van der Waals surface area contributed by atoms with Crippen molar-refractivity contribution in [2.24, 2.45) is 5.92 Å². The zero-order chi connectivity index (χ0) is 19.4. The fourth-order valence-electron chi connectivity index (χ4n) is 3.77. The molecule has 0 radical (unpaired) electrons. The van der Waals surface area contributed by atoms with E-state index in [2.05, 4.69) is 4.72 Å². The third-order valence-electron chi connectivity index (χ3n) is 4.97. The molecule has 1 aliphatic carbocycles. The van der Waals surface area contributed by atoms with Gasteiger partial charge in [-0.25, -0.2) is 13.1 Å². The second-order valence-electron chi connectivity index (χ2n) is 6.66. The van der Waals surface area contributed by atoms with Gasteiger partial charge in [0.2, 0.25) is 10.0 Å². The van der Waals surface area contributed by atoms with Crippen molar-refractivity contribution in [3.8, 4) is 0 Å². The molecule has 0 spiro atoms. The topological polar surface area (TPSA) is 66.5 Å². The molecule has 1 N–H and O–H groups in total. The summed E-state index contributed by atoms with van der Waals surface area (Å²) >= 11 is 1.58. The van der Waals surface area contributed by atoms with Crippen molar-refractivity contribution >= 4 is 38.6 Å². The van der Waals surface area contributed by atoms with E-state index in [1.165, 1.54) is 12.1 Å². The molecule has 0 aromatic carbocycles. The summed E-state index contributed by atoms with van der Waals surface area (Å²) in [6, 6.07) is 4.90. The first-order valence-corrected chi connectivity index (χ1v) is 11.4. The van der Waals surface area contributed by atoms with Gasteiger partial charge < -0.3 is 4.90 Å². The van der Waals surface area contributed by atoms with Crippen LogP contribution in [0.2, 0.25) is 0 Å². The predicted octanol–water partition coefficient (Wildman–Crippen LogP) is 3.41. The molecule has 1 saturated heterocycles. The van der Waals surface area contributed by atoms with E-state index >= 15 is 0 Å². The van der Waals surface area contributed by atoms with E-state index in [-0.39, 0.29) is 27.1 Å². The number of halogens is 3. The average molecular weight is 437 g/mol. The highest BCUT2D eigenvalue weighted by Gasteiger charge is 2.48. The maximum absolute atomic E-state index is 12.7. The quantitative estimate of drug-likeness (QED) is 0.799. The van der Waals surface area contributed by atoms with Crippen LogP contribution >= 0.6 is 22.7 Å². The minimum Gasteiger partial charge on any atom is -0.335 e. The number of carbonyl (C=O) groups excluding carboxylic acids is 1. The molecule has 146 valence electrons. The van der Waals surface area contributed by atoms with Gasteiger partial charge >= 0.3 is 6.18 Å². The van der Waals surface area contributed by atoms with E-state index in [9.17, 15) is 26.4 Å². The number of likely N-dealkylation sites (tertiary alicyclic amines) is 1. The zero-order valence-electron chi connectivity index (χ0n) is 13.8. The van der Waals surface area contributed by atoms with Crippen molar-refractivity contribution < 1.29 is 26.4 Å². The maximum atomic E-state index is 12.7. The SMILES string of the molecule is O=C(c1ccc(C(F)(F)F)s1)N1CC2CC1CC2NS(=O)(=O)c1cccs1. The van der Waals surface area contributed by atoms with Crippen LogP contribution in [0.4, 0.5) is 13.2 Å². The Labute approximate surface area is 161 Å². The molecular formula is C16H15F3N2O3S3. The molecule has 2 bridgehead atoms. The van der Waals surface area contributed by atoms with Crippen LogP contribution in [0.5, 0.6) is 0 Å². The zero-order valence-corrected chi connectivity index (χ0v) is 16.2. The Morgan fingerprint density at radius 3 is 2.56 bits per heavy atom. The lowest BCUT2D eigenvalue weighted by atomic mass is 10.0. The van der Waals surface area contributed by atoms with Crippen LogP contribution in [0.3, 0.4) is 0 Å². The van der Waals surface area contributed by atoms with Crippen molar-refractivity contribution in [3.05, 3.63) is 39.4 Å². The van der Waals surface area contributed by atoms with Crippen molar-refractivity contribution in [1.29, 1.82) is 0 Å². The van der Waals surface area contributed by atoms with Crippen LogP contribution in [0.15, 0.2) is 33.9 Å². The standard InChI is InChI=1S/C16H15F3N2O3S3/c17-16(18,19)13-4-3-12(26-13)15(22)21-8-9-6-10(21)7-11(9)20-27(23,24)14-2-1-5-25-14/h1-5,9-11,20H,6-8H2. The Morgan fingerprint density at radius 1 is 1.22 bits per heavy atom. The molecule has 3 heterocycles. The van der Waals surface area contributed by atoms with Gasteiger partial charge in [-0.1, -0.05) is 6.07 Å². The van der Waals surface area contributed by atoms with Crippen molar-refractivity contribution in [1.82, 2.24) is 9.62 Å². The molecule has 1 saturated carbocycles. The van der Waals surface area contributed by atoms with Crippen LogP contribution in [-0.4, -0.2) is 37.9 Å². The smallest absolute Gasteiger partial charge is 0.335 e. The molecule has 1 aliphatic heterocycles. The van der Waals surface area contributed by atoms with E-state index < -0.39 is 27.0 Å². The lowest BCUT2D eigenvalue weighted by Crippen LogP contribution is -2.47.